The van der Waals surface area contributed by atoms with Gasteiger partial charge in [0.05, 0.1) is 0 Å². The Morgan fingerprint density at radius 2 is 2.32 bits per heavy atom. The van der Waals surface area contributed by atoms with E-state index in [1.807, 2.05) is 11.3 Å². The van der Waals surface area contributed by atoms with Crippen molar-refractivity contribution in [1.82, 2.24) is 15.5 Å². The highest BCUT2D eigenvalue weighted by atomic mass is 32.1. The molecule has 2 aromatic heterocycles. The van der Waals surface area contributed by atoms with E-state index in [2.05, 4.69) is 40.8 Å². The highest BCUT2D eigenvalue weighted by molar-refractivity contribution is 7.11. The Morgan fingerprint density at radius 1 is 1.42 bits per heavy atom. The summed E-state index contributed by atoms with van der Waals surface area (Å²) in [7, 11) is 0. The molecule has 3 nitrogen and oxygen atoms in total. The molecule has 0 aliphatic heterocycles. The van der Waals surface area contributed by atoms with Gasteiger partial charge < -0.3 is 5.32 Å². The summed E-state index contributed by atoms with van der Waals surface area (Å²) >= 11 is 3.66. The lowest BCUT2D eigenvalue weighted by molar-refractivity contribution is 0.583. The minimum Gasteiger partial charge on any atom is -0.308 e. The fourth-order valence-electron chi connectivity index (χ4n) is 2.51. The van der Waals surface area contributed by atoms with Crippen molar-refractivity contribution in [3.63, 3.8) is 0 Å². The van der Waals surface area contributed by atoms with E-state index in [1.54, 1.807) is 16.2 Å². The van der Waals surface area contributed by atoms with Crippen LogP contribution in [-0.4, -0.2) is 16.2 Å². The number of hydrogen-bond donors (Lipinski definition) is 1. The SMILES string of the molecule is CC(C)NCc1nnc(C2CCCc3sccc32)s1. The van der Waals surface area contributed by atoms with Crippen molar-refractivity contribution in [3.05, 3.63) is 31.9 Å². The van der Waals surface area contributed by atoms with E-state index < -0.39 is 0 Å². The number of nitrogens with zero attached hydrogens (tertiary/aromatic N) is 2. The number of hydrogen-bond acceptors (Lipinski definition) is 5. The minimum absolute atomic E-state index is 0.486. The van der Waals surface area contributed by atoms with E-state index in [1.165, 1.54) is 29.8 Å². The molecule has 1 aliphatic rings. The molecule has 0 fully saturated rings. The highest BCUT2D eigenvalue weighted by Crippen LogP contribution is 2.39. The third-order valence-corrected chi connectivity index (χ3v) is 5.53. The van der Waals surface area contributed by atoms with Gasteiger partial charge in [0.25, 0.3) is 0 Å². The monoisotopic (exact) mass is 293 g/mol. The molecular weight excluding hydrogens is 274 g/mol. The second-order valence-electron chi connectivity index (χ2n) is 5.31. The van der Waals surface area contributed by atoms with E-state index in [-0.39, 0.29) is 0 Å². The zero-order valence-electron chi connectivity index (χ0n) is 11.3. The molecule has 1 unspecified atom stereocenters. The topological polar surface area (TPSA) is 37.8 Å². The fourth-order valence-corrected chi connectivity index (χ4v) is 4.45. The highest BCUT2D eigenvalue weighted by Gasteiger charge is 2.25. The first-order valence-electron chi connectivity index (χ1n) is 6.86. The molecule has 19 heavy (non-hydrogen) atoms. The maximum absolute atomic E-state index is 4.43. The molecule has 0 saturated carbocycles. The van der Waals surface area contributed by atoms with Gasteiger partial charge in [0, 0.05) is 23.4 Å². The van der Waals surface area contributed by atoms with E-state index in [4.69, 9.17) is 0 Å². The Balaban J connectivity index is 1.77. The van der Waals surface area contributed by atoms with Crippen molar-refractivity contribution in [2.45, 2.75) is 51.6 Å². The van der Waals surface area contributed by atoms with Crippen LogP contribution in [0.5, 0.6) is 0 Å². The van der Waals surface area contributed by atoms with Gasteiger partial charge in [-0.25, -0.2) is 0 Å². The predicted octanol–water partition coefficient (Wildman–Crippen LogP) is 3.57. The molecule has 1 N–H and O–H groups in total. The Labute approximate surface area is 122 Å². The number of rotatable bonds is 4. The molecule has 1 atom stereocenters. The summed E-state index contributed by atoms with van der Waals surface area (Å²) in [6, 6.07) is 2.77. The number of fused-ring (bicyclic) bond motifs is 1. The van der Waals surface area contributed by atoms with Gasteiger partial charge in [-0.15, -0.1) is 21.5 Å². The molecule has 0 bridgehead atoms. The first-order chi connectivity index (χ1) is 9.24. The number of thiophene rings is 1. The lowest BCUT2D eigenvalue weighted by Gasteiger charge is -2.19. The number of aromatic nitrogens is 2. The largest absolute Gasteiger partial charge is 0.308 e. The molecule has 3 rings (SSSR count). The van der Waals surface area contributed by atoms with Crippen molar-refractivity contribution in [2.24, 2.45) is 0 Å². The first kappa shape index (κ1) is 13.2. The van der Waals surface area contributed by atoms with Crippen molar-refractivity contribution in [1.29, 1.82) is 0 Å². The Hall–Kier alpha value is -0.780. The molecule has 0 spiro atoms. The van der Waals surface area contributed by atoms with Gasteiger partial charge in [-0.05, 0) is 36.3 Å². The summed E-state index contributed by atoms with van der Waals surface area (Å²) in [6.45, 7) is 5.14. The average molecular weight is 293 g/mol. The first-order valence-corrected chi connectivity index (χ1v) is 8.55. The lowest BCUT2D eigenvalue weighted by atomic mass is 9.88. The van der Waals surface area contributed by atoms with Gasteiger partial charge in [-0.3, -0.25) is 0 Å². The van der Waals surface area contributed by atoms with Gasteiger partial charge in [0.2, 0.25) is 0 Å². The van der Waals surface area contributed by atoms with E-state index in [9.17, 15) is 0 Å². The van der Waals surface area contributed by atoms with Crippen LogP contribution in [0.2, 0.25) is 0 Å². The molecule has 102 valence electrons. The molecule has 0 amide bonds. The molecule has 0 aromatic carbocycles. The van der Waals surface area contributed by atoms with Crippen molar-refractivity contribution < 1.29 is 0 Å². The van der Waals surface area contributed by atoms with Gasteiger partial charge in [-0.1, -0.05) is 25.2 Å². The summed E-state index contributed by atoms with van der Waals surface area (Å²) in [6.07, 6.45) is 3.73. The quantitative estimate of drug-likeness (QED) is 0.936. The second-order valence-corrected chi connectivity index (χ2v) is 7.41. The Kier molecular flexibility index (Phi) is 3.96. The van der Waals surface area contributed by atoms with Gasteiger partial charge >= 0.3 is 0 Å². The van der Waals surface area contributed by atoms with Crippen molar-refractivity contribution in [3.8, 4) is 0 Å². The van der Waals surface area contributed by atoms with Crippen molar-refractivity contribution in [2.75, 3.05) is 0 Å². The average Bonchev–Trinajstić information content (AvgIpc) is 3.04. The smallest absolute Gasteiger partial charge is 0.131 e. The second kappa shape index (κ2) is 5.69. The third-order valence-electron chi connectivity index (χ3n) is 3.49. The summed E-state index contributed by atoms with van der Waals surface area (Å²) < 4.78 is 0. The molecule has 1 aliphatic carbocycles. The lowest BCUT2D eigenvalue weighted by Crippen LogP contribution is -2.21. The van der Waals surface area contributed by atoms with E-state index in [0.29, 0.717) is 12.0 Å². The third kappa shape index (κ3) is 2.88. The van der Waals surface area contributed by atoms with Gasteiger partial charge in [0.15, 0.2) is 0 Å². The summed E-state index contributed by atoms with van der Waals surface area (Å²) in [4.78, 5) is 1.55. The van der Waals surface area contributed by atoms with Crippen LogP contribution in [0.1, 0.15) is 53.1 Å². The maximum atomic E-state index is 4.43. The maximum Gasteiger partial charge on any atom is 0.131 e. The predicted molar refractivity (Wildman–Crippen MR) is 81.0 cm³/mol. The van der Waals surface area contributed by atoms with Crippen LogP contribution in [0.15, 0.2) is 11.4 Å². The van der Waals surface area contributed by atoms with Crippen LogP contribution < -0.4 is 5.32 Å². The van der Waals surface area contributed by atoms with Crippen LogP contribution in [0, 0.1) is 0 Å². The van der Waals surface area contributed by atoms with Crippen LogP contribution in [0.25, 0.3) is 0 Å². The zero-order chi connectivity index (χ0) is 13.2. The fraction of sp³-hybridized carbons (Fsp3) is 0.571. The molecule has 0 radical (unpaired) electrons. The normalized spacial score (nSPS) is 18.8. The van der Waals surface area contributed by atoms with Gasteiger partial charge in [-0.2, -0.15) is 0 Å². The summed E-state index contributed by atoms with van der Waals surface area (Å²) in [5.41, 5.74) is 1.50. The van der Waals surface area contributed by atoms with E-state index >= 15 is 0 Å². The minimum atomic E-state index is 0.486. The van der Waals surface area contributed by atoms with Gasteiger partial charge in [0.1, 0.15) is 10.0 Å². The Bertz CT molecular complexity index is 544. The van der Waals surface area contributed by atoms with Crippen molar-refractivity contribution >= 4 is 22.7 Å². The molecule has 0 saturated heterocycles. The number of nitrogens with one attached hydrogen (secondary N) is 1. The van der Waals surface area contributed by atoms with Crippen LogP contribution in [0.4, 0.5) is 0 Å². The number of aryl methyl sites for hydroxylation is 1. The molecular formula is C14H19N3S2. The zero-order valence-corrected chi connectivity index (χ0v) is 13.0. The molecule has 5 heteroatoms. The summed E-state index contributed by atoms with van der Waals surface area (Å²) in [5, 5.41) is 16.7. The molecule has 2 heterocycles. The van der Waals surface area contributed by atoms with Crippen LogP contribution in [0.3, 0.4) is 0 Å². The Morgan fingerprint density at radius 3 is 3.16 bits per heavy atom. The summed E-state index contributed by atoms with van der Waals surface area (Å²) in [5.74, 6) is 0.486. The van der Waals surface area contributed by atoms with Crippen LogP contribution >= 0.6 is 22.7 Å². The standard InChI is InChI=1S/C14H19N3S2/c1-9(2)15-8-13-16-17-14(19-13)11-4-3-5-12-10(11)6-7-18-12/h6-7,9,11,15H,3-5,8H2,1-2H3. The van der Waals surface area contributed by atoms with E-state index in [0.717, 1.165) is 11.6 Å². The molecule has 2 aromatic rings. The van der Waals surface area contributed by atoms with Crippen LogP contribution in [-0.2, 0) is 13.0 Å².